The summed E-state index contributed by atoms with van der Waals surface area (Å²) in [5.41, 5.74) is -3.04. The van der Waals surface area contributed by atoms with E-state index in [4.69, 9.17) is 24.3 Å². The second-order valence-corrected chi connectivity index (χ2v) is 13.4. The Morgan fingerprint density at radius 3 is 2.65 bits per heavy atom. The van der Waals surface area contributed by atoms with E-state index in [1.807, 2.05) is 6.92 Å². The summed E-state index contributed by atoms with van der Waals surface area (Å²) in [6.07, 6.45) is 3.37. The molecule has 0 spiro atoms. The molecule has 10 nitrogen and oxygen atoms in total. The number of aliphatic hydroxyl groups is 1. The molecular weight excluding hydrogens is 561 g/mol. The first kappa shape index (κ1) is 30.2. The van der Waals surface area contributed by atoms with Gasteiger partial charge in [0.2, 0.25) is 5.78 Å². The highest BCUT2D eigenvalue weighted by Gasteiger charge is 2.80. The second kappa shape index (κ2) is 10.1. The van der Waals surface area contributed by atoms with Crippen LogP contribution in [0, 0.1) is 22.7 Å². The summed E-state index contributed by atoms with van der Waals surface area (Å²) >= 11 is 0. The van der Waals surface area contributed by atoms with Crippen LogP contribution in [-0.2, 0) is 35.2 Å². The van der Waals surface area contributed by atoms with Crippen molar-refractivity contribution in [2.75, 3.05) is 6.61 Å². The zero-order valence-corrected chi connectivity index (χ0v) is 24.7. The highest BCUT2D eigenvalue weighted by molar-refractivity contribution is 6.01. The zero-order valence-electron chi connectivity index (χ0n) is 24.7. The number of carbonyl (C=O) groups is 3. The minimum absolute atomic E-state index is 0.0840. The van der Waals surface area contributed by atoms with E-state index in [2.05, 4.69) is 0 Å². The van der Waals surface area contributed by atoms with Crippen LogP contribution in [0.15, 0.2) is 48.1 Å². The van der Waals surface area contributed by atoms with Gasteiger partial charge in [-0.3, -0.25) is 19.6 Å². The van der Waals surface area contributed by atoms with Crippen LogP contribution in [0.4, 0.5) is 4.39 Å². The quantitative estimate of drug-likeness (QED) is 0.314. The van der Waals surface area contributed by atoms with Gasteiger partial charge in [0.05, 0.1) is 24.4 Å². The number of carbonyl (C=O) groups excluding carboxylic acids is 3. The van der Waals surface area contributed by atoms with Crippen LogP contribution < -0.4 is 5.64 Å². The lowest BCUT2D eigenvalue weighted by Gasteiger charge is -2.62. The number of esters is 1. The first-order valence-electron chi connectivity index (χ1n) is 14.7. The van der Waals surface area contributed by atoms with Crippen LogP contribution >= 0.6 is 0 Å². The molecule has 3 saturated carbocycles. The number of hydrogen-bond acceptors (Lipinski definition) is 10. The van der Waals surface area contributed by atoms with E-state index in [0.717, 1.165) is 0 Å². The van der Waals surface area contributed by atoms with E-state index in [1.165, 1.54) is 18.2 Å². The normalized spacial score (nSPS) is 40.6. The minimum Gasteiger partial charge on any atom is -0.454 e. The Labute approximate surface area is 249 Å². The molecule has 232 valence electrons. The van der Waals surface area contributed by atoms with Crippen molar-refractivity contribution < 1.29 is 48.1 Å². The van der Waals surface area contributed by atoms with Gasteiger partial charge >= 0.3 is 5.97 Å². The van der Waals surface area contributed by atoms with Gasteiger partial charge in [0, 0.05) is 16.7 Å². The number of rotatable bonds is 7. The standard InChI is InChI=1S/C32H38FNO9/c1-28(2)42-26-14-23-22-10-9-19-13-20(35)11-12-29(19,3)31(22,33)24(36)15-30(23,4)32(26,43-28)25(37)17-40-27(38)21-8-6-5-7-18(21)16-41-34-39/h5-8,11-13,22-24,26,34,36,39H,9-10,14-17H2,1-4H3/t22?,23-,24-,26+,29-,30-,31-,32+/m0/s1. The number of fused-ring (bicyclic) bond motifs is 7. The number of ketones is 2. The van der Waals surface area contributed by atoms with Gasteiger partial charge in [-0.1, -0.05) is 42.4 Å². The van der Waals surface area contributed by atoms with E-state index in [-0.39, 0.29) is 24.4 Å². The van der Waals surface area contributed by atoms with E-state index in [1.54, 1.807) is 50.7 Å². The molecule has 11 heteroatoms. The summed E-state index contributed by atoms with van der Waals surface area (Å²) in [6.45, 7) is 6.26. The predicted molar refractivity (Wildman–Crippen MR) is 148 cm³/mol. The van der Waals surface area contributed by atoms with E-state index in [9.17, 15) is 19.5 Å². The molecule has 0 aromatic heterocycles. The molecule has 1 aliphatic heterocycles. The Morgan fingerprint density at radius 2 is 1.91 bits per heavy atom. The Kier molecular flexibility index (Phi) is 7.11. The Balaban J connectivity index is 1.32. The predicted octanol–water partition coefficient (Wildman–Crippen LogP) is 3.69. The molecular formula is C32H38FNO9. The minimum atomic E-state index is -2.07. The van der Waals surface area contributed by atoms with Gasteiger partial charge in [-0.15, -0.1) is 0 Å². The maximum atomic E-state index is 17.6. The third-order valence-electron chi connectivity index (χ3n) is 10.9. The molecule has 1 aromatic rings. The number of hydrogen-bond donors (Lipinski definition) is 3. The lowest BCUT2D eigenvalue weighted by atomic mass is 9.44. The molecule has 1 saturated heterocycles. The van der Waals surface area contributed by atoms with Gasteiger partial charge in [-0.05, 0) is 76.2 Å². The highest BCUT2D eigenvalue weighted by atomic mass is 19.1. The summed E-state index contributed by atoms with van der Waals surface area (Å²) in [5.74, 6) is -3.65. The van der Waals surface area contributed by atoms with E-state index < -0.39 is 70.3 Å². The fourth-order valence-corrected chi connectivity index (χ4v) is 9.08. The lowest BCUT2D eigenvalue weighted by Crippen LogP contribution is -2.70. The molecule has 5 aliphatic rings. The summed E-state index contributed by atoms with van der Waals surface area (Å²) in [5, 5.41) is 20.5. The molecule has 6 rings (SSSR count). The van der Waals surface area contributed by atoms with Crippen molar-refractivity contribution in [2.45, 2.75) is 89.2 Å². The van der Waals surface area contributed by atoms with Gasteiger partial charge in [0.1, 0.15) is 0 Å². The van der Waals surface area contributed by atoms with Gasteiger partial charge < -0.3 is 19.3 Å². The van der Waals surface area contributed by atoms with Crippen LogP contribution in [0.5, 0.6) is 0 Å². The number of aliphatic hydroxyl groups excluding tert-OH is 1. The van der Waals surface area contributed by atoms with Gasteiger partial charge in [-0.25, -0.2) is 9.18 Å². The molecule has 0 bridgehead atoms. The van der Waals surface area contributed by atoms with Gasteiger partial charge in [-0.2, -0.15) is 0 Å². The fraction of sp³-hybridized carbons (Fsp3) is 0.594. The first-order chi connectivity index (χ1) is 20.2. The summed E-state index contributed by atoms with van der Waals surface area (Å²) in [4.78, 5) is 44.3. The van der Waals surface area contributed by atoms with Crippen molar-refractivity contribution in [3.63, 3.8) is 0 Å². The number of allylic oxidation sites excluding steroid dienone is 4. The summed E-state index contributed by atoms with van der Waals surface area (Å²) in [7, 11) is 0. The summed E-state index contributed by atoms with van der Waals surface area (Å²) in [6, 6.07) is 6.47. The Bertz CT molecular complexity index is 1420. The van der Waals surface area contributed by atoms with Gasteiger partial charge in [0.15, 0.2) is 29.4 Å². The fourth-order valence-electron chi connectivity index (χ4n) is 9.08. The maximum absolute atomic E-state index is 17.6. The monoisotopic (exact) mass is 599 g/mol. The molecule has 8 atom stereocenters. The number of ether oxygens (including phenoxy) is 3. The van der Waals surface area contributed by atoms with Crippen LogP contribution in [0.2, 0.25) is 0 Å². The molecule has 1 unspecified atom stereocenters. The SMILES string of the molecule is CC1(C)O[C@@H]2C[C@H]3C4CCC5=CC(=O)C=C[C@]5(C)[C@@]4(F)[C@@H](O)C[C@]3(C)[C@]2(C(=O)COC(=O)c2ccccc2CONO)O1. The lowest BCUT2D eigenvalue weighted by molar-refractivity contribution is -0.246. The molecule has 0 radical (unpaired) electrons. The van der Waals surface area contributed by atoms with Gasteiger partial charge in [0.25, 0.3) is 0 Å². The Morgan fingerprint density at radius 1 is 1.16 bits per heavy atom. The topological polar surface area (TPSA) is 141 Å². The van der Waals surface area contributed by atoms with Crippen LogP contribution in [0.1, 0.15) is 69.3 Å². The summed E-state index contributed by atoms with van der Waals surface area (Å²) < 4.78 is 35.9. The number of benzene rings is 1. The first-order valence-corrected chi connectivity index (χ1v) is 14.7. The van der Waals surface area contributed by atoms with Crippen molar-refractivity contribution in [1.82, 2.24) is 5.64 Å². The number of nitrogens with one attached hydrogen (secondary N) is 1. The average Bonchev–Trinajstić information content (AvgIpc) is 3.37. The number of halogens is 1. The number of alkyl halides is 1. The van der Waals surface area contributed by atoms with Crippen molar-refractivity contribution in [3.05, 3.63) is 59.2 Å². The zero-order chi connectivity index (χ0) is 31.0. The highest BCUT2D eigenvalue weighted by Crippen LogP contribution is 2.72. The second-order valence-electron chi connectivity index (χ2n) is 13.4. The van der Waals surface area contributed by atoms with Crippen LogP contribution in [-0.4, -0.2) is 63.7 Å². The maximum Gasteiger partial charge on any atom is 0.338 e. The molecule has 43 heavy (non-hydrogen) atoms. The van der Waals surface area contributed by atoms with Crippen LogP contribution in [0.25, 0.3) is 0 Å². The van der Waals surface area contributed by atoms with Crippen molar-refractivity contribution in [1.29, 1.82) is 0 Å². The number of Topliss-reactive ketones (excluding diaryl/α,β-unsaturated/α-hetero) is 1. The third-order valence-corrected chi connectivity index (χ3v) is 10.9. The molecule has 0 amide bonds. The average molecular weight is 600 g/mol. The largest absolute Gasteiger partial charge is 0.454 e. The van der Waals surface area contributed by atoms with E-state index in [0.29, 0.717) is 30.4 Å². The molecule has 3 N–H and O–H groups in total. The van der Waals surface area contributed by atoms with Crippen molar-refractivity contribution in [3.8, 4) is 0 Å². The van der Waals surface area contributed by atoms with Crippen molar-refractivity contribution >= 4 is 17.5 Å². The van der Waals surface area contributed by atoms with Crippen LogP contribution in [0.3, 0.4) is 0 Å². The van der Waals surface area contributed by atoms with Crippen molar-refractivity contribution in [2.24, 2.45) is 22.7 Å². The molecule has 1 aromatic carbocycles. The molecule has 1 heterocycles. The molecule has 4 fully saturated rings. The molecule has 4 aliphatic carbocycles. The smallest absolute Gasteiger partial charge is 0.338 e. The van der Waals surface area contributed by atoms with E-state index >= 15 is 4.39 Å². The Hall–Kier alpha value is -2.80. The third kappa shape index (κ3) is 4.16.